The highest BCUT2D eigenvalue weighted by molar-refractivity contribution is 5.92. The molecule has 0 bridgehead atoms. The molecule has 0 spiro atoms. The maximum atomic E-state index is 9.10. The Balaban J connectivity index is 1.84. The summed E-state index contributed by atoms with van der Waals surface area (Å²) in [6, 6.07) is 16.0. The second-order valence-electron chi connectivity index (χ2n) is 5.66. The monoisotopic (exact) mass is 301 g/mol. The van der Waals surface area contributed by atoms with Gasteiger partial charge in [-0.2, -0.15) is 5.26 Å². The first-order chi connectivity index (χ1) is 11.3. The summed E-state index contributed by atoms with van der Waals surface area (Å²) in [6.45, 7) is 1.74. The molecule has 0 amide bonds. The minimum Gasteiger partial charge on any atom is -0.487 e. The molecule has 1 saturated heterocycles. The van der Waals surface area contributed by atoms with Crippen LogP contribution in [0.15, 0.2) is 54.9 Å². The Kier molecular flexibility index (Phi) is 3.41. The van der Waals surface area contributed by atoms with Crippen LogP contribution in [0.4, 0.5) is 0 Å². The number of aromatic nitrogens is 1. The van der Waals surface area contributed by atoms with Crippen LogP contribution < -0.4 is 10.1 Å². The van der Waals surface area contributed by atoms with Crippen LogP contribution in [0, 0.1) is 11.3 Å². The predicted molar refractivity (Wildman–Crippen MR) is 89.2 cm³/mol. The van der Waals surface area contributed by atoms with Gasteiger partial charge in [-0.3, -0.25) is 4.98 Å². The maximum Gasteiger partial charge on any atom is 0.129 e. The molecule has 1 fully saturated rings. The molecule has 1 aliphatic rings. The molecule has 1 aliphatic heterocycles. The Morgan fingerprint density at radius 3 is 2.83 bits per heavy atom. The normalized spacial score (nSPS) is 14.2. The van der Waals surface area contributed by atoms with Crippen molar-refractivity contribution in [3.63, 3.8) is 0 Å². The largest absolute Gasteiger partial charge is 0.487 e. The molecule has 2 aromatic carbocycles. The van der Waals surface area contributed by atoms with Crippen LogP contribution >= 0.6 is 0 Å². The first-order valence-electron chi connectivity index (χ1n) is 7.59. The summed E-state index contributed by atoms with van der Waals surface area (Å²) in [4.78, 5) is 4.22. The summed E-state index contributed by atoms with van der Waals surface area (Å²) < 4.78 is 6.11. The van der Waals surface area contributed by atoms with Crippen molar-refractivity contribution in [2.75, 3.05) is 13.1 Å². The molecule has 23 heavy (non-hydrogen) atoms. The third-order valence-corrected chi connectivity index (χ3v) is 4.08. The van der Waals surface area contributed by atoms with E-state index in [1.54, 1.807) is 6.20 Å². The van der Waals surface area contributed by atoms with E-state index in [2.05, 4.69) is 22.4 Å². The second kappa shape index (κ2) is 5.71. The van der Waals surface area contributed by atoms with Crippen molar-refractivity contribution < 1.29 is 4.74 Å². The van der Waals surface area contributed by atoms with E-state index in [4.69, 9.17) is 10.00 Å². The van der Waals surface area contributed by atoms with E-state index in [0.29, 0.717) is 5.56 Å². The van der Waals surface area contributed by atoms with Gasteiger partial charge in [0.15, 0.2) is 0 Å². The zero-order valence-corrected chi connectivity index (χ0v) is 12.5. The summed E-state index contributed by atoms with van der Waals surface area (Å²) in [5.41, 5.74) is 2.71. The molecule has 4 heteroatoms. The van der Waals surface area contributed by atoms with Gasteiger partial charge < -0.3 is 10.1 Å². The van der Waals surface area contributed by atoms with Crippen LogP contribution in [0.1, 0.15) is 5.56 Å². The topological polar surface area (TPSA) is 57.9 Å². The minimum absolute atomic E-state index is 0.207. The first kappa shape index (κ1) is 13.7. The molecule has 2 heterocycles. The van der Waals surface area contributed by atoms with E-state index >= 15 is 0 Å². The van der Waals surface area contributed by atoms with Crippen LogP contribution in [0.2, 0.25) is 0 Å². The number of ether oxygens (including phenoxy) is 1. The molecule has 1 aromatic heterocycles. The number of pyridine rings is 1. The number of nitrogens with zero attached hydrogens (tertiary/aromatic N) is 2. The van der Waals surface area contributed by atoms with Gasteiger partial charge in [0.1, 0.15) is 11.9 Å². The molecule has 1 N–H and O–H groups in total. The average Bonchev–Trinajstić information content (AvgIpc) is 2.57. The number of rotatable bonds is 3. The van der Waals surface area contributed by atoms with Gasteiger partial charge >= 0.3 is 0 Å². The van der Waals surface area contributed by atoms with Crippen molar-refractivity contribution in [3.05, 3.63) is 60.4 Å². The van der Waals surface area contributed by atoms with E-state index in [0.717, 1.165) is 40.7 Å². The van der Waals surface area contributed by atoms with Gasteiger partial charge in [-0.25, -0.2) is 0 Å². The van der Waals surface area contributed by atoms with E-state index in [-0.39, 0.29) is 6.10 Å². The van der Waals surface area contributed by atoms with Crippen molar-refractivity contribution >= 4 is 10.8 Å². The molecule has 0 atom stereocenters. The molecule has 0 saturated carbocycles. The molecular weight excluding hydrogens is 286 g/mol. The van der Waals surface area contributed by atoms with Gasteiger partial charge in [0.2, 0.25) is 0 Å². The molecule has 4 rings (SSSR count). The van der Waals surface area contributed by atoms with Crippen LogP contribution in [-0.2, 0) is 0 Å². The fourth-order valence-electron chi connectivity index (χ4n) is 2.72. The number of nitriles is 1. The summed E-state index contributed by atoms with van der Waals surface area (Å²) in [6.07, 6.45) is 3.83. The van der Waals surface area contributed by atoms with Gasteiger partial charge in [-0.15, -0.1) is 0 Å². The molecule has 0 radical (unpaired) electrons. The molecule has 3 aromatic rings. The Morgan fingerprint density at radius 2 is 2.04 bits per heavy atom. The average molecular weight is 301 g/mol. The maximum absolute atomic E-state index is 9.10. The summed E-state index contributed by atoms with van der Waals surface area (Å²) in [5, 5.41) is 14.4. The summed E-state index contributed by atoms with van der Waals surface area (Å²) in [7, 11) is 0. The zero-order valence-electron chi connectivity index (χ0n) is 12.5. The minimum atomic E-state index is 0.207. The van der Waals surface area contributed by atoms with Crippen LogP contribution in [0.25, 0.3) is 21.9 Å². The highest BCUT2D eigenvalue weighted by atomic mass is 16.5. The number of hydrogen-bond donors (Lipinski definition) is 1. The summed E-state index contributed by atoms with van der Waals surface area (Å²) in [5.74, 6) is 0.847. The molecule has 112 valence electrons. The van der Waals surface area contributed by atoms with Crippen LogP contribution in [0.5, 0.6) is 5.75 Å². The van der Waals surface area contributed by atoms with Crippen molar-refractivity contribution in [1.29, 1.82) is 5.26 Å². The number of hydrogen-bond acceptors (Lipinski definition) is 4. The highest BCUT2D eigenvalue weighted by Crippen LogP contribution is 2.33. The third-order valence-electron chi connectivity index (χ3n) is 4.08. The van der Waals surface area contributed by atoms with Gasteiger partial charge in [0, 0.05) is 30.9 Å². The smallest absolute Gasteiger partial charge is 0.129 e. The van der Waals surface area contributed by atoms with E-state index in [1.165, 1.54) is 0 Å². The van der Waals surface area contributed by atoms with Gasteiger partial charge in [0.05, 0.1) is 11.6 Å². The van der Waals surface area contributed by atoms with Gasteiger partial charge in [0.25, 0.3) is 0 Å². The SMILES string of the molecule is N#Cc1cccc(-c2cc(OC3CNC3)c3cnccc3c2)c1. The molecule has 0 aliphatic carbocycles. The Hall–Kier alpha value is -2.90. The lowest BCUT2D eigenvalue weighted by Gasteiger charge is -2.28. The number of benzene rings is 2. The molecule has 4 nitrogen and oxygen atoms in total. The lowest BCUT2D eigenvalue weighted by molar-refractivity contribution is 0.144. The Labute approximate surface area is 134 Å². The Bertz CT molecular complexity index is 910. The lowest BCUT2D eigenvalue weighted by atomic mass is 10.00. The molecule has 0 unspecified atom stereocenters. The standard InChI is InChI=1S/C19H15N3O/c20-9-13-2-1-3-14(6-13)16-7-15-4-5-21-12-18(15)19(8-16)23-17-10-22-11-17/h1-8,12,17,22H,10-11H2. The van der Waals surface area contributed by atoms with Crippen LogP contribution in [0.3, 0.4) is 0 Å². The predicted octanol–water partition coefficient (Wildman–Crippen LogP) is 3.12. The number of nitrogens with one attached hydrogen (secondary N) is 1. The molecular formula is C19H15N3O. The zero-order chi connectivity index (χ0) is 15.6. The second-order valence-corrected chi connectivity index (χ2v) is 5.66. The van der Waals surface area contributed by atoms with Gasteiger partial charge in [-0.05, 0) is 46.8 Å². The van der Waals surface area contributed by atoms with Crippen molar-refractivity contribution in [1.82, 2.24) is 10.3 Å². The Morgan fingerprint density at radius 1 is 1.13 bits per heavy atom. The summed E-state index contributed by atoms with van der Waals surface area (Å²) >= 11 is 0. The van der Waals surface area contributed by atoms with Crippen molar-refractivity contribution in [2.24, 2.45) is 0 Å². The van der Waals surface area contributed by atoms with Crippen molar-refractivity contribution in [2.45, 2.75) is 6.10 Å². The first-order valence-corrected chi connectivity index (χ1v) is 7.59. The fraction of sp³-hybridized carbons (Fsp3) is 0.158. The number of fused-ring (bicyclic) bond motifs is 1. The third kappa shape index (κ3) is 2.63. The van der Waals surface area contributed by atoms with Crippen LogP contribution in [-0.4, -0.2) is 24.2 Å². The fourth-order valence-corrected chi connectivity index (χ4v) is 2.72. The van der Waals surface area contributed by atoms with E-state index in [9.17, 15) is 0 Å². The quantitative estimate of drug-likeness (QED) is 0.807. The highest BCUT2D eigenvalue weighted by Gasteiger charge is 2.20. The van der Waals surface area contributed by atoms with E-state index < -0.39 is 0 Å². The lowest BCUT2D eigenvalue weighted by Crippen LogP contribution is -2.50. The van der Waals surface area contributed by atoms with E-state index in [1.807, 2.05) is 42.6 Å². The van der Waals surface area contributed by atoms with Crippen molar-refractivity contribution in [3.8, 4) is 22.9 Å². The van der Waals surface area contributed by atoms with Gasteiger partial charge in [-0.1, -0.05) is 12.1 Å².